The molecule has 2 aromatic rings. The number of benzene rings is 2. The van der Waals surface area contributed by atoms with Crippen LogP contribution in [0.25, 0.3) is 0 Å². The number of phenolic OH excluding ortho intramolecular Hbond substituents is 1. The topological polar surface area (TPSA) is 51.0 Å². The zero-order valence-electron chi connectivity index (χ0n) is 11.5. The van der Waals surface area contributed by atoms with E-state index in [0.29, 0.717) is 23.6 Å². The molecule has 2 aromatic carbocycles. The molecule has 1 N–H and O–H groups in total. The predicted molar refractivity (Wildman–Crippen MR) is 78.1 cm³/mol. The highest BCUT2D eigenvalue weighted by molar-refractivity contribution is 6.01. The van der Waals surface area contributed by atoms with Crippen molar-refractivity contribution in [3.05, 3.63) is 59.7 Å². The van der Waals surface area contributed by atoms with Crippen LogP contribution in [0, 0.1) is 0 Å². The van der Waals surface area contributed by atoms with Crippen LogP contribution in [0.5, 0.6) is 11.5 Å². The van der Waals surface area contributed by atoms with Gasteiger partial charge >= 0.3 is 0 Å². The van der Waals surface area contributed by atoms with E-state index < -0.39 is 0 Å². The van der Waals surface area contributed by atoms with E-state index in [1.54, 1.807) is 32.2 Å². The molecule has 0 aliphatic heterocycles. The number of methoxy groups -OCH3 is 1. The van der Waals surface area contributed by atoms with Gasteiger partial charge in [-0.3, -0.25) is 0 Å². The molecule has 0 fully saturated rings. The number of nitrogens with zero attached hydrogens (tertiary/aromatic N) is 1. The van der Waals surface area contributed by atoms with Crippen molar-refractivity contribution in [2.75, 3.05) is 7.11 Å². The Hall–Kier alpha value is -2.49. The second-order valence-electron chi connectivity index (χ2n) is 4.32. The van der Waals surface area contributed by atoms with E-state index in [-0.39, 0.29) is 5.75 Å². The fourth-order valence-electron chi connectivity index (χ4n) is 1.76. The fraction of sp³-hybridized carbons (Fsp3) is 0.188. The Balaban J connectivity index is 2.07. The summed E-state index contributed by atoms with van der Waals surface area (Å²) in [5.41, 5.74) is 2.23. The summed E-state index contributed by atoms with van der Waals surface area (Å²) in [7, 11) is 1.58. The molecule has 0 bridgehead atoms. The predicted octanol–water partition coefficient (Wildman–Crippen LogP) is 3.34. The molecular weight excluding hydrogens is 254 g/mol. The second kappa shape index (κ2) is 6.61. The quantitative estimate of drug-likeness (QED) is 0.670. The molecule has 20 heavy (non-hydrogen) atoms. The van der Waals surface area contributed by atoms with Gasteiger partial charge < -0.3 is 14.7 Å². The first-order valence-corrected chi connectivity index (χ1v) is 6.28. The molecule has 2 rings (SSSR count). The average molecular weight is 271 g/mol. The van der Waals surface area contributed by atoms with Crippen LogP contribution in [0.15, 0.2) is 53.7 Å². The SMILES string of the molecule is COc1ccc(O)c(/C(C)=N/OCc2ccccc2)c1. The zero-order valence-corrected chi connectivity index (χ0v) is 11.5. The summed E-state index contributed by atoms with van der Waals surface area (Å²) >= 11 is 0. The van der Waals surface area contributed by atoms with Gasteiger partial charge in [0.1, 0.15) is 18.1 Å². The van der Waals surface area contributed by atoms with E-state index in [9.17, 15) is 5.11 Å². The van der Waals surface area contributed by atoms with Crippen molar-refractivity contribution in [3.8, 4) is 11.5 Å². The number of rotatable bonds is 5. The first-order chi connectivity index (χ1) is 9.70. The zero-order chi connectivity index (χ0) is 14.4. The molecule has 0 unspecified atom stereocenters. The Morgan fingerprint density at radius 1 is 1.15 bits per heavy atom. The van der Waals surface area contributed by atoms with E-state index in [0.717, 1.165) is 5.56 Å². The van der Waals surface area contributed by atoms with Crippen molar-refractivity contribution >= 4 is 5.71 Å². The van der Waals surface area contributed by atoms with Gasteiger partial charge in [-0.1, -0.05) is 35.5 Å². The second-order valence-corrected chi connectivity index (χ2v) is 4.32. The van der Waals surface area contributed by atoms with Crippen LogP contribution in [0.2, 0.25) is 0 Å². The molecule has 104 valence electrons. The molecule has 4 nitrogen and oxygen atoms in total. The molecule has 0 aliphatic carbocycles. The third-order valence-electron chi connectivity index (χ3n) is 2.87. The molecule has 0 aliphatic rings. The molecule has 0 saturated heterocycles. The highest BCUT2D eigenvalue weighted by atomic mass is 16.6. The maximum atomic E-state index is 9.83. The normalized spacial score (nSPS) is 11.2. The molecule has 4 heteroatoms. The van der Waals surface area contributed by atoms with Crippen molar-refractivity contribution < 1.29 is 14.7 Å². The number of phenols is 1. The lowest BCUT2D eigenvalue weighted by Crippen LogP contribution is -1.98. The summed E-state index contributed by atoms with van der Waals surface area (Å²) in [5, 5.41) is 13.9. The minimum atomic E-state index is 0.148. The molecule has 0 spiro atoms. The Bertz CT molecular complexity index is 594. The van der Waals surface area contributed by atoms with Gasteiger partial charge in [0.25, 0.3) is 0 Å². The minimum absolute atomic E-state index is 0.148. The van der Waals surface area contributed by atoms with Gasteiger partial charge in [-0.2, -0.15) is 0 Å². The van der Waals surface area contributed by atoms with Crippen LogP contribution in [0.4, 0.5) is 0 Å². The molecular formula is C16H17NO3. The van der Waals surface area contributed by atoms with Gasteiger partial charge in [-0.15, -0.1) is 0 Å². The number of ether oxygens (including phenoxy) is 1. The Labute approximate surface area is 118 Å². The molecule has 0 saturated carbocycles. The lowest BCUT2D eigenvalue weighted by Gasteiger charge is -2.07. The number of hydrogen-bond donors (Lipinski definition) is 1. The van der Waals surface area contributed by atoms with Crippen LogP contribution >= 0.6 is 0 Å². The van der Waals surface area contributed by atoms with Gasteiger partial charge in [0.05, 0.1) is 12.8 Å². The lowest BCUT2D eigenvalue weighted by molar-refractivity contribution is 0.130. The summed E-state index contributed by atoms with van der Waals surface area (Å²) in [4.78, 5) is 5.30. The van der Waals surface area contributed by atoms with Crippen LogP contribution < -0.4 is 4.74 Å². The number of oxime groups is 1. The van der Waals surface area contributed by atoms with Crippen molar-refractivity contribution in [2.24, 2.45) is 5.16 Å². The van der Waals surface area contributed by atoms with E-state index in [1.165, 1.54) is 0 Å². The van der Waals surface area contributed by atoms with Crippen molar-refractivity contribution in [1.82, 2.24) is 0 Å². The molecule has 0 amide bonds. The summed E-state index contributed by atoms with van der Waals surface area (Å²) < 4.78 is 5.13. The van der Waals surface area contributed by atoms with Gasteiger partial charge in [-0.25, -0.2) is 0 Å². The summed E-state index contributed by atoms with van der Waals surface area (Å²) in [6.07, 6.45) is 0. The maximum Gasteiger partial charge on any atom is 0.142 e. The van der Waals surface area contributed by atoms with Gasteiger partial charge in [0, 0.05) is 5.56 Å². The molecule has 0 atom stereocenters. The molecule has 0 aromatic heterocycles. The maximum absolute atomic E-state index is 9.83. The van der Waals surface area contributed by atoms with Crippen LogP contribution in [0.1, 0.15) is 18.1 Å². The van der Waals surface area contributed by atoms with Gasteiger partial charge in [0.2, 0.25) is 0 Å². The van der Waals surface area contributed by atoms with Gasteiger partial charge in [0.15, 0.2) is 0 Å². The van der Waals surface area contributed by atoms with Crippen LogP contribution in [-0.2, 0) is 11.4 Å². The number of hydrogen-bond acceptors (Lipinski definition) is 4. The minimum Gasteiger partial charge on any atom is -0.507 e. The number of aromatic hydroxyl groups is 1. The first-order valence-electron chi connectivity index (χ1n) is 6.28. The Morgan fingerprint density at radius 2 is 1.90 bits per heavy atom. The Kier molecular flexibility index (Phi) is 4.60. The summed E-state index contributed by atoms with van der Waals surface area (Å²) in [6.45, 7) is 2.17. The molecule has 0 radical (unpaired) electrons. The fourth-order valence-corrected chi connectivity index (χ4v) is 1.76. The van der Waals surface area contributed by atoms with Crippen molar-refractivity contribution in [2.45, 2.75) is 13.5 Å². The van der Waals surface area contributed by atoms with Crippen LogP contribution in [0.3, 0.4) is 0 Å². The van der Waals surface area contributed by atoms with Crippen molar-refractivity contribution in [1.29, 1.82) is 0 Å². The van der Waals surface area contributed by atoms with Gasteiger partial charge in [-0.05, 0) is 30.7 Å². The summed E-state index contributed by atoms with van der Waals surface area (Å²) in [5.74, 6) is 0.811. The molecule has 0 heterocycles. The van der Waals surface area contributed by atoms with E-state index >= 15 is 0 Å². The van der Waals surface area contributed by atoms with E-state index in [4.69, 9.17) is 9.57 Å². The first kappa shape index (κ1) is 13.9. The largest absolute Gasteiger partial charge is 0.507 e. The smallest absolute Gasteiger partial charge is 0.142 e. The van der Waals surface area contributed by atoms with Crippen LogP contribution in [-0.4, -0.2) is 17.9 Å². The highest BCUT2D eigenvalue weighted by Crippen LogP contribution is 2.23. The average Bonchev–Trinajstić information content (AvgIpc) is 2.48. The summed E-state index contributed by atoms with van der Waals surface area (Å²) in [6, 6.07) is 14.8. The third kappa shape index (κ3) is 3.51. The highest BCUT2D eigenvalue weighted by Gasteiger charge is 2.07. The lowest BCUT2D eigenvalue weighted by atomic mass is 10.1. The standard InChI is InChI=1S/C16H17NO3/c1-12(15-10-14(19-2)8-9-16(15)18)17-20-11-13-6-4-3-5-7-13/h3-10,18H,11H2,1-2H3/b17-12+. The van der Waals surface area contributed by atoms with E-state index in [2.05, 4.69) is 5.16 Å². The Morgan fingerprint density at radius 3 is 2.60 bits per heavy atom. The third-order valence-corrected chi connectivity index (χ3v) is 2.87. The van der Waals surface area contributed by atoms with Crippen molar-refractivity contribution in [3.63, 3.8) is 0 Å². The van der Waals surface area contributed by atoms with E-state index in [1.807, 2.05) is 30.3 Å². The monoisotopic (exact) mass is 271 g/mol.